The van der Waals surface area contributed by atoms with Crippen molar-refractivity contribution in [2.75, 3.05) is 39.0 Å². The minimum Gasteiger partial charge on any atom is -0.370 e. The summed E-state index contributed by atoms with van der Waals surface area (Å²) in [6, 6.07) is 5.65. The zero-order valence-corrected chi connectivity index (χ0v) is 15.5. The van der Waals surface area contributed by atoms with Gasteiger partial charge in [-0.25, -0.2) is 21.9 Å². The molecular weight excluding hydrogens is 361 g/mol. The molecule has 0 saturated carbocycles. The summed E-state index contributed by atoms with van der Waals surface area (Å²) in [5.74, 6) is -0.313. The minimum atomic E-state index is -3.25. The molecule has 3 rings (SSSR count). The Labute approximate surface area is 153 Å². The molecule has 2 amide bonds. The van der Waals surface area contributed by atoms with Crippen LogP contribution in [-0.2, 0) is 14.8 Å². The van der Waals surface area contributed by atoms with Gasteiger partial charge in [0.25, 0.3) is 0 Å². The maximum atomic E-state index is 13.1. The molecule has 0 aromatic heterocycles. The molecule has 2 heterocycles. The van der Waals surface area contributed by atoms with Crippen LogP contribution in [0.5, 0.6) is 0 Å². The molecule has 2 aliphatic heterocycles. The number of benzene rings is 1. The predicted octanol–water partition coefficient (Wildman–Crippen LogP) is 1.33. The SMILES string of the molecule is CS(=O)(=O)N1CCCC(NC(=O)N2CCOC(c3ccc(F)cc3)C2)C1. The number of sulfonamides is 1. The molecule has 2 unspecified atom stereocenters. The Morgan fingerprint density at radius 1 is 1.23 bits per heavy atom. The highest BCUT2D eigenvalue weighted by molar-refractivity contribution is 7.88. The smallest absolute Gasteiger partial charge is 0.317 e. The summed E-state index contributed by atoms with van der Waals surface area (Å²) in [5.41, 5.74) is 0.824. The lowest BCUT2D eigenvalue weighted by Gasteiger charge is -2.36. The number of ether oxygens (including phenoxy) is 1. The molecule has 2 fully saturated rings. The molecule has 0 radical (unpaired) electrons. The normalized spacial score (nSPS) is 25.1. The highest BCUT2D eigenvalue weighted by Gasteiger charge is 2.30. The lowest BCUT2D eigenvalue weighted by Crippen LogP contribution is -2.54. The second kappa shape index (κ2) is 7.89. The highest BCUT2D eigenvalue weighted by Crippen LogP contribution is 2.23. The third-order valence-electron chi connectivity index (χ3n) is 4.78. The minimum absolute atomic E-state index is 0.196. The monoisotopic (exact) mass is 385 g/mol. The van der Waals surface area contributed by atoms with Crippen molar-refractivity contribution in [3.05, 3.63) is 35.6 Å². The van der Waals surface area contributed by atoms with Gasteiger partial charge in [0.05, 0.1) is 19.4 Å². The van der Waals surface area contributed by atoms with Gasteiger partial charge < -0.3 is 15.0 Å². The number of hydrogen-bond acceptors (Lipinski definition) is 4. The van der Waals surface area contributed by atoms with E-state index in [0.29, 0.717) is 32.8 Å². The third kappa shape index (κ3) is 4.72. The van der Waals surface area contributed by atoms with E-state index in [-0.39, 0.29) is 24.0 Å². The Morgan fingerprint density at radius 2 is 1.96 bits per heavy atom. The number of morpholine rings is 1. The van der Waals surface area contributed by atoms with E-state index in [1.165, 1.54) is 22.7 Å². The molecule has 0 bridgehead atoms. The van der Waals surface area contributed by atoms with Crippen LogP contribution in [0.15, 0.2) is 24.3 Å². The van der Waals surface area contributed by atoms with Crippen LogP contribution in [0.4, 0.5) is 9.18 Å². The maximum Gasteiger partial charge on any atom is 0.317 e. The standard InChI is InChI=1S/C17H24FN3O4S/c1-26(23,24)21-8-2-3-15(11-21)19-17(22)20-9-10-25-16(12-20)13-4-6-14(18)7-5-13/h4-7,15-16H,2-3,8-12H2,1H3,(H,19,22). The van der Waals surface area contributed by atoms with Crippen molar-refractivity contribution in [3.8, 4) is 0 Å². The molecule has 1 aromatic rings. The number of halogens is 1. The number of nitrogens with zero attached hydrogens (tertiary/aromatic N) is 2. The summed E-state index contributed by atoms with van der Waals surface area (Å²) in [6.45, 7) is 2.04. The second-order valence-electron chi connectivity index (χ2n) is 6.77. The van der Waals surface area contributed by atoms with Crippen molar-refractivity contribution in [1.29, 1.82) is 0 Å². The average molecular weight is 385 g/mol. The summed E-state index contributed by atoms with van der Waals surface area (Å²) < 4.78 is 43.6. The van der Waals surface area contributed by atoms with Crippen LogP contribution in [0.1, 0.15) is 24.5 Å². The number of amides is 2. The number of rotatable bonds is 3. The van der Waals surface area contributed by atoms with Gasteiger partial charge in [-0.1, -0.05) is 12.1 Å². The van der Waals surface area contributed by atoms with Crippen molar-refractivity contribution < 1.29 is 22.3 Å². The van der Waals surface area contributed by atoms with Gasteiger partial charge in [0.15, 0.2) is 0 Å². The molecule has 2 atom stereocenters. The summed E-state index contributed by atoms with van der Waals surface area (Å²) in [6.07, 6.45) is 2.36. The first-order chi connectivity index (χ1) is 12.3. The summed E-state index contributed by atoms with van der Waals surface area (Å²) in [5, 5.41) is 2.94. The van der Waals surface area contributed by atoms with E-state index in [2.05, 4.69) is 5.32 Å². The second-order valence-corrected chi connectivity index (χ2v) is 8.75. The largest absolute Gasteiger partial charge is 0.370 e. The van der Waals surface area contributed by atoms with Gasteiger partial charge in [-0.2, -0.15) is 0 Å². The number of nitrogens with one attached hydrogen (secondary N) is 1. The zero-order chi connectivity index (χ0) is 18.7. The molecule has 144 valence electrons. The first-order valence-electron chi connectivity index (χ1n) is 8.70. The van der Waals surface area contributed by atoms with Crippen molar-refractivity contribution in [3.63, 3.8) is 0 Å². The van der Waals surface area contributed by atoms with E-state index in [1.54, 1.807) is 17.0 Å². The van der Waals surface area contributed by atoms with Crippen LogP contribution in [0.2, 0.25) is 0 Å². The van der Waals surface area contributed by atoms with E-state index < -0.39 is 10.0 Å². The summed E-state index contributed by atoms with van der Waals surface area (Å²) >= 11 is 0. The van der Waals surface area contributed by atoms with Crippen LogP contribution in [0.3, 0.4) is 0 Å². The first kappa shape index (κ1) is 19.1. The fourth-order valence-corrected chi connectivity index (χ4v) is 4.25. The van der Waals surface area contributed by atoms with Gasteiger partial charge in [-0.05, 0) is 30.5 Å². The van der Waals surface area contributed by atoms with Crippen molar-refractivity contribution in [2.45, 2.75) is 25.0 Å². The van der Waals surface area contributed by atoms with E-state index in [0.717, 1.165) is 18.4 Å². The number of carbonyl (C=O) groups excluding carboxylic acids is 1. The van der Waals surface area contributed by atoms with Crippen LogP contribution in [-0.4, -0.2) is 68.7 Å². The zero-order valence-electron chi connectivity index (χ0n) is 14.7. The fraction of sp³-hybridized carbons (Fsp3) is 0.588. The molecule has 0 aliphatic carbocycles. The number of urea groups is 1. The molecule has 7 nitrogen and oxygen atoms in total. The van der Waals surface area contributed by atoms with Crippen LogP contribution in [0, 0.1) is 5.82 Å². The van der Waals surface area contributed by atoms with Gasteiger partial charge >= 0.3 is 6.03 Å². The van der Waals surface area contributed by atoms with Gasteiger partial charge in [0.2, 0.25) is 10.0 Å². The third-order valence-corrected chi connectivity index (χ3v) is 6.05. The van der Waals surface area contributed by atoms with Crippen molar-refractivity contribution in [1.82, 2.24) is 14.5 Å². The van der Waals surface area contributed by atoms with Gasteiger partial charge in [0, 0.05) is 25.7 Å². The van der Waals surface area contributed by atoms with Crippen molar-refractivity contribution in [2.24, 2.45) is 0 Å². The molecule has 0 spiro atoms. The molecule has 2 aliphatic rings. The predicted molar refractivity (Wildman–Crippen MR) is 94.6 cm³/mol. The molecular formula is C17H24FN3O4S. The fourth-order valence-electron chi connectivity index (χ4n) is 3.34. The summed E-state index contributed by atoms with van der Waals surface area (Å²) in [7, 11) is -3.25. The Kier molecular flexibility index (Phi) is 5.79. The molecule has 9 heteroatoms. The lowest BCUT2D eigenvalue weighted by molar-refractivity contribution is -0.0160. The Morgan fingerprint density at radius 3 is 2.65 bits per heavy atom. The molecule has 26 heavy (non-hydrogen) atoms. The lowest BCUT2D eigenvalue weighted by atomic mass is 10.1. The van der Waals surface area contributed by atoms with E-state index in [4.69, 9.17) is 4.74 Å². The highest BCUT2D eigenvalue weighted by atomic mass is 32.2. The van der Waals surface area contributed by atoms with E-state index in [1.807, 2.05) is 0 Å². The molecule has 1 N–H and O–H groups in total. The first-order valence-corrected chi connectivity index (χ1v) is 10.6. The number of hydrogen-bond donors (Lipinski definition) is 1. The van der Waals surface area contributed by atoms with E-state index in [9.17, 15) is 17.6 Å². The number of carbonyl (C=O) groups is 1. The molecule has 2 saturated heterocycles. The summed E-state index contributed by atoms with van der Waals surface area (Å²) in [4.78, 5) is 14.2. The van der Waals surface area contributed by atoms with Gasteiger partial charge in [-0.3, -0.25) is 0 Å². The van der Waals surface area contributed by atoms with Gasteiger partial charge in [-0.15, -0.1) is 0 Å². The Bertz CT molecular complexity index is 741. The van der Waals surface area contributed by atoms with E-state index >= 15 is 0 Å². The average Bonchev–Trinajstić information content (AvgIpc) is 2.62. The quantitative estimate of drug-likeness (QED) is 0.852. The Balaban J connectivity index is 1.58. The van der Waals surface area contributed by atoms with Crippen LogP contribution < -0.4 is 5.32 Å². The topological polar surface area (TPSA) is 79.0 Å². The molecule has 1 aromatic carbocycles. The maximum absolute atomic E-state index is 13.1. The number of piperidine rings is 1. The Hall–Kier alpha value is -1.71. The van der Waals surface area contributed by atoms with Crippen LogP contribution in [0.25, 0.3) is 0 Å². The van der Waals surface area contributed by atoms with Crippen LogP contribution >= 0.6 is 0 Å². The van der Waals surface area contributed by atoms with Gasteiger partial charge in [0.1, 0.15) is 11.9 Å². The van der Waals surface area contributed by atoms with Crippen molar-refractivity contribution >= 4 is 16.1 Å².